The fourth-order valence-electron chi connectivity index (χ4n) is 1.95. The Labute approximate surface area is 134 Å². The number of carbonyl (C=O) groups excluding carboxylic acids is 1. The molecule has 0 aliphatic heterocycles. The SMILES string of the molecule is O=C(CSc1nnc2ccccn12)c1ccc(OC(F)F)cc1. The molecular formula is C15H11F2N3O2S. The van der Waals surface area contributed by atoms with Crippen LogP contribution in [0.4, 0.5) is 8.78 Å². The summed E-state index contributed by atoms with van der Waals surface area (Å²) in [7, 11) is 0. The molecule has 0 saturated heterocycles. The monoisotopic (exact) mass is 335 g/mol. The number of fused-ring (bicyclic) bond motifs is 1. The zero-order valence-electron chi connectivity index (χ0n) is 11.7. The van der Waals surface area contributed by atoms with Gasteiger partial charge in [0.05, 0.1) is 5.75 Å². The number of hydrogen-bond donors (Lipinski definition) is 0. The third-order valence-corrected chi connectivity index (χ3v) is 3.96. The van der Waals surface area contributed by atoms with Crippen LogP contribution >= 0.6 is 11.8 Å². The number of nitrogens with zero attached hydrogens (tertiary/aromatic N) is 3. The van der Waals surface area contributed by atoms with Gasteiger partial charge < -0.3 is 4.74 Å². The van der Waals surface area contributed by atoms with E-state index in [2.05, 4.69) is 14.9 Å². The lowest BCUT2D eigenvalue weighted by atomic mass is 10.1. The smallest absolute Gasteiger partial charge is 0.387 e. The van der Waals surface area contributed by atoms with E-state index in [9.17, 15) is 13.6 Å². The van der Waals surface area contributed by atoms with E-state index in [1.54, 1.807) is 4.40 Å². The Morgan fingerprint density at radius 3 is 2.70 bits per heavy atom. The van der Waals surface area contributed by atoms with E-state index in [0.717, 1.165) is 0 Å². The first kappa shape index (κ1) is 15.4. The first-order valence-electron chi connectivity index (χ1n) is 6.64. The number of halogens is 2. The minimum Gasteiger partial charge on any atom is -0.435 e. The Morgan fingerprint density at radius 2 is 1.96 bits per heavy atom. The number of carbonyl (C=O) groups is 1. The lowest BCUT2D eigenvalue weighted by Gasteiger charge is -2.05. The zero-order valence-corrected chi connectivity index (χ0v) is 12.5. The molecular weight excluding hydrogens is 324 g/mol. The van der Waals surface area contributed by atoms with E-state index >= 15 is 0 Å². The number of ether oxygens (including phenoxy) is 1. The molecule has 0 spiro atoms. The van der Waals surface area contributed by atoms with Crippen molar-refractivity contribution in [3.63, 3.8) is 0 Å². The van der Waals surface area contributed by atoms with Crippen molar-refractivity contribution in [3.05, 3.63) is 54.2 Å². The second-order valence-corrected chi connectivity index (χ2v) is 5.47. The van der Waals surface area contributed by atoms with E-state index in [1.165, 1.54) is 36.0 Å². The molecule has 2 heterocycles. The van der Waals surface area contributed by atoms with Gasteiger partial charge in [0.1, 0.15) is 5.75 Å². The van der Waals surface area contributed by atoms with E-state index in [0.29, 0.717) is 16.4 Å². The molecule has 118 valence electrons. The normalized spacial score (nSPS) is 11.1. The third-order valence-electron chi connectivity index (χ3n) is 3.02. The Morgan fingerprint density at radius 1 is 1.17 bits per heavy atom. The zero-order chi connectivity index (χ0) is 16.2. The van der Waals surface area contributed by atoms with Crippen LogP contribution in [0, 0.1) is 0 Å². The van der Waals surface area contributed by atoms with Gasteiger partial charge in [-0.1, -0.05) is 17.8 Å². The van der Waals surface area contributed by atoms with Crippen molar-refractivity contribution in [2.75, 3.05) is 5.75 Å². The van der Waals surface area contributed by atoms with Crippen LogP contribution in [0.5, 0.6) is 5.75 Å². The maximum absolute atomic E-state index is 12.1. The predicted octanol–water partition coefficient (Wildman–Crippen LogP) is 3.31. The van der Waals surface area contributed by atoms with Crippen LogP contribution in [0.25, 0.3) is 5.65 Å². The number of thioether (sulfide) groups is 1. The van der Waals surface area contributed by atoms with E-state index in [4.69, 9.17) is 0 Å². The van der Waals surface area contributed by atoms with Gasteiger partial charge in [-0.3, -0.25) is 9.20 Å². The van der Waals surface area contributed by atoms with Crippen molar-refractivity contribution in [3.8, 4) is 5.75 Å². The van der Waals surface area contributed by atoms with Gasteiger partial charge in [-0.15, -0.1) is 10.2 Å². The van der Waals surface area contributed by atoms with Gasteiger partial charge in [-0.2, -0.15) is 8.78 Å². The number of pyridine rings is 1. The molecule has 0 saturated carbocycles. The second-order valence-electron chi connectivity index (χ2n) is 4.53. The third kappa shape index (κ3) is 3.65. The molecule has 0 atom stereocenters. The first-order chi connectivity index (χ1) is 11.1. The Bertz CT molecular complexity index is 821. The molecule has 5 nitrogen and oxygen atoms in total. The molecule has 3 rings (SSSR count). The molecule has 0 unspecified atom stereocenters. The maximum Gasteiger partial charge on any atom is 0.387 e. The summed E-state index contributed by atoms with van der Waals surface area (Å²) >= 11 is 1.26. The lowest BCUT2D eigenvalue weighted by Crippen LogP contribution is -2.05. The Kier molecular flexibility index (Phi) is 4.52. The molecule has 0 aliphatic carbocycles. The standard InChI is InChI=1S/C15H11F2N3O2S/c16-14(17)22-11-6-4-10(5-7-11)12(21)9-23-15-19-18-13-3-1-2-8-20(13)15/h1-8,14H,9H2. The van der Waals surface area contributed by atoms with Crippen molar-refractivity contribution in [2.45, 2.75) is 11.8 Å². The number of rotatable bonds is 6. The highest BCUT2D eigenvalue weighted by atomic mass is 32.2. The molecule has 0 fully saturated rings. The average Bonchev–Trinajstić information content (AvgIpc) is 2.96. The van der Waals surface area contributed by atoms with Gasteiger partial charge in [0.15, 0.2) is 16.6 Å². The summed E-state index contributed by atoms with van der Waals surface area (Å²) in [5.74, 6) is 0.0593. The summed E-state index contributed by atoms with van der Waals surface area (Å²) in [5.41, 5.74) is 1.13. The number of Topliss-reactive ketones (excluding diaryl/α,β-unsaturated/α-hetero) is 1. The van der Waals surface area contributed by atoms with Gasteiger partial charge in [0.2, 0.25) is 0 Å². The van der Waals surface area contributed by atoms with Gasteiger partial charge in [-0.25, -0.2) is 0 Å². The van der Waals surface area contributed by atoms with Crippen molar-refractivity contribution in [2.24, 2.45) is 0 Å². The minimum atomic E-state index is -2.88. The number of alkyl halides is 2. The van der Waals surface area contributed by atoms with Crippen LogP contribution in [-0.4, -0.2) is 32.7 Å². The number of aromatic nitrogens is 3. The Balaban J connectivity index is 1.65. The topological polar surface area (TPSA) is 56.5 Å². The second kappa shape index (κ2) is 6.74. The summed E-state index contributed by atoms with van der Waals surface area (Å²) < 4.78 is 30.2. The van der Waals surface area contributed by atoms with Gasteiger partial charge in [-0.05, 0) is 36.4 Å². The van der Waals surface area contributed by atoms with Crippen LogP contribution in [0.2, 0.25) is 0 Å². The molecule has 2 aromatic heterocycles. The fraction of sp³-hybridized carbons (Fsp3) is 0.133. The van der Waals surface area contributed by atoms with Crippen LogP contribution in [0.1, 0.15) is 10.4 Å². The van der Waals surface area contributed by atoms with Gasteiger partial charge >= 0.3 is 6.61 Å². The number of benzene rings is 1. The fourth-order valence-corrected chi connectivity index (χ4v) is 2.77. The largest absolute Gasteiger partial charge is 0.435 e. The summed E-state index contributed by atoms with van der Waals surface area (Å²) in [5, 5.41) is 8.65. The minimum absolute atomic E-state index is 0.0210. The lowest BCUT2D eigenvalue weighted by molar-refractivity contribution is -0.0498. The van der Waals surface area contributed by atoms with E-state index in [1.807, 2.05) is 24.4 Å². The van der Waals surface area contributed by atoms with E-state index in [-0.39, 0.29) is 17.3 Å². The molecule has 0 amide bonds. The summed E-state index contributed by atoms with van der Waals surface area (Å²) in [4.78, 5) is 12.1. The molecule has 8 heteroatoms. The molecule has 0 bridgehead atoms. The summed E-state index contributed by atoms with van der Waals surface area (Å²) in [6, 6.07) is 11.1. The maximum atomic E-state index is 12.1. The summed E-state index contributed by atoms with van der Waals surface area (Å²) in [6.07, 6.45) is 1.82. The van der Waals surface area contributed by atoms with Crippen LogP contribution in [-0.2, 0) is 0 Å². The highest BCUT2D eigenvalue weighted by Crippen LogP contribution is 2.20. The predicted molar refractivity (Wildman–Crippen MR) is 81.1 cm³/mol. The van der Waals surface area contributed by atoms with Crippen LogP contribution in [0.3, 0.4) is 0 Å². The quantitative estimate of drug-likeness (QED) is 0.511. The van der Waals surface area contributed by atoms with Gasteiger partial charge in [0.25, 0.3) is 0 Å². The summed E-state index contributed by atoms with van der Waals surface area (Å²) in [6.45, 7) is -2.88. The molecule has 0 aliphatic rings. The molecule has 23 heavy (non-hydrogen) atoms. The number of ketones is 1. The molecule has 0 radical (unpaired) electrons. The highest BCUT2D eigenvalue weighted by Gasteiger charge is 2.11. The average molecular weight is 335 g/mol. The number of hydrogen-bond acceptors (Lipinski definition) is 5. The highest BCUT2D eigenvalue weighted by molar-refractivity contribution is 7.99. The van der Waals surface area contributed by atoms with Crippen LogP contribution < -0.4 is 4.74 Å². The van der Waals surface area contributed by atoms with Crippen molar-refractivity contribution in [1.29, 1.82) is 0 Å². The van der Waals surface area contributed by atoms with Crippen molar-refractivity contribution in [1.82, 2.24) is 14.6 Å². The Hall–Kier alpha value is -2.48. The first-order valence-corrected chi connectivity index (χ1v) is 7.63. The molecule has 0 N–H and O–H groups in total. The van der Waals surface area contributed by atoms with E-state index < -0.39 is 6.61 Å². The molecule has 3 aromatic rings. The van der Waals surface area contributed by atoms with Gasteiger partial charge in [0, 0.05) is 11.8 Å². The molecule has 1 aromatic carbocycles. The van der Waals surface area contributed by atoms with Crippen LogP contribution in [0.15, 0.2) is 53.8 Å². The van der Waals surface area contributed by atoms with Crippen molar-refractivity contribution >= 4 is 23.2 Å². The van der Waals surface area contributed by atoms with Crippen molar-refractivity contribution < 1.29 is 18.3 Å².